The first-order valence-electron chi connectivity index (χ1n) is 7.08. The number of hydrogen-bond acceptors (Lipinski definition) is 5. The van der Waals surface area contributed by atoms with Gasteiger partial charge in [0.25, 0.3) is 0 Å². The zero-order valence-electron chi connectivity index (χ0n) is 12.8. The molecule has 0 saturated carbocycles. The van der Waals surface area contributed by atoms with E-state index >= 15 is 0 Å². The minimum absolute atomic E-state index is 0.0503. The molecule has 0 unspecified atom stereocenters. The highest BCUT2D eigenvalue weighted by Gasteiger charge is 2.33. The summed E-state index contributed by atoms with van der Waals surface area (Å²) in [7, 11) is 3.93. The van der Waals surface area contributed by atoms with Crippen LogP contribution in [0.15, 0.2) is 10.6 Å². The molecule has 116 valence electrons. The van der Waals surface area contributed by atoms with Crippen LogP contribution in [-0.4, -0.2) is 60.5 Å². The molecule has 2 heterocycles. The van der Waals surface area contributed by atoms with Crippen LogP contribution in [0, 0.1) is 12.8 Å². The molecule has 7 heteroatoms. The van der Waals surface area contributed by atoms with Crippen molar-refractivity contribution in [2.24, 2.45) is 5.92 Å². The predicted molar refractivity (Wildman–Crippen MR) is 76.3 cm³/mol. The van der Waals surface area contributed by atoms with E-state index in [1.807, 2.05) is 19.0 Å². The fraction of sp³-hybridized carbons (Fsp3) is 0.643. The first-order chi connectivity index (χ1) is 9.95. The maximum atomic E-state index is 12.1. The fourth-order valence-electron chi connectivity index (χ4n) is 2.31. The number of rotatable bonds is 6. The summed E-state index contributed by atoms with van der Waals surface area (Å²) in [4.78, 5) is 27.8. The molecule has 1 aromatic rings. The first-order valence-corrected chi connectivity index (χ1v) is 7.08. The molecule has 7 nitrogen and oxygen atoms in total. The molecule has 2 amide bonds. The predicted octanol–water partition coefficient (Wildman–Crippen LogP) is 0.00932. The van der Waals surface area contributed by atoms with Gasteiger partial charge in [0, 0.05) is 32.1 Å². The van der Waals surface area contributed by atoms with Crippen LogP contribution in [0.4, 0.5) is 0 Å². The number of carbonyl (C=O) groups excluding carboxylic acids is 2. The highest BCUT2D eigenvalue weighted by Crippen LogP contribution is 2.17. The SMILES string of the molecule is Cc1cc(CNC(=O)[C@@H]2CC(=O)N(CCN(C)C)C2)no1. The molecule has 1 saturated heterocycles. The van der Waals surface area contributed by atoms with E-state index in [2.05, 4.69) is 10.5 Å². The smallest absolute Gasteiger partial charge is 0.225 e. The van der Waals surface area contributed by atoms with Crippen LogP contribution < -0.4 is 5.32 Å². The van der Waals surface area contributed by atoms with Crippen molar-refractivity contribution in [3.05, 3.63) is 17.5 Å². The van der Waals surface area contributed by atoms with Gasteiger partial charge in [0.05, 0.1) is 12.5 Å². The van der Waals surface area contributed by atoms with Crippen molar-refractivity contribution in [3.8, 4) is 0 Å². The molecular weight excluding hydrogens is 272 g/mol. The van der Waals surface area contributed by atoms with E-state index in [1.165, 1.54) is 0 Å². The summed E-state index contributed by atoms with van der Waals surface area (Å²) in [5.74, 6) is 0.392. The van der Waals surface area contributed by atoms with Crippen molar-refractivity contribution in [2.45, 2.75) is 19.9 Å². The van der Waals surface area contributed by atoms with Crippen molar-refractivity contribution < 1.29 is 14.1 Å². The Balaban J connectivity index is 1.79. The molecule has 1 atom stereocenters. The average molecular weight is 294 g/mol. The van der Waals surface area contributed by atoms with Crippen LogP contribution in [0.3, 0.4) is 0 Å². The number of nitrogens with one attached hydrogen (secondary N) is 1. The van der Waals surface area contributed by atoms with Crippen LogP contribution >= 0.6 is 0 Å². The number of aromatic nitrogens is 1. The average Bonchev–Trinajstić information content (AvgIpc) is 3.00. The summed E-state index contributed by atoms with van der Waals surface area (Å²) in [5.41, 5.74) is 0.689. The lowest BCUT2D eigenvalue weighted by atomic mass is 10.1. The summed E-state index contributed by atoms with van der Waals surface area (Å²) in [6.07, 6.45) is 0.289. The lowest BCUT2D eigenvalue weighted by Gasteiger charge is -2.19. The van der Waals surface area contributed by atoms with Crippen LogP contribution in [0.1, 0.15) is 17.9 Å². The van der Waals surface area contributed by atoms with Gasteiger partial charge in [0.2, 0.25) is 11.8 Å². The van der Waals surface area contributed by atoms with Crippen molar-refractivity contribution in [1.82, 2.24) is 20.3 Å². The molecule has 1 aliphatic heterocycles. The number of aryl methyl sites for hydroxylation is 1. The highest BCUT2D eigenvalue weighted by molar-refractivity contribution is 5.89. The maximum Gasteiger partial charge on any atom is 0.225 e. The molecule has 0 aliphatic carbocycles. The maximum absolute atomic E-state index is 12.1. The monoisotopic (exact) mass is 294 g/mol. The summed E-state index contributed by atoms with van der Waals surface area (Å²) >= 11 is 0. The Kier molecular flexibility index (Phi) is 4.95. The van der Waals surface area contributed by atoms with Crippen molar-refractivity contribution >= 4 is 11.8 Å². The molecular formula is C14H22N4O3. The van der Waals surface area contributed by atoms with E-state index < -0.39 is 0 Å². The van der Waals surface area contributed by atoms with Crippen LogP contribution in [0.25, 0.3) is 0 Å². The Morgan fingerprint density at radius 1 is 1.57 bits per heavy atom. The van der Waals surface area contributed by atoms with Crippen molar-refractivity contribution in [2.75, 3.05) is 33.7 Å². The summed E-state index contributed by atoms with van der Waals surface area (Å²) in [5, 5.41) is 6.63. The Morgan fingerprint density at radius 2 is 2.33 bits per heavy atom. The molecule has 0 spiro atoms. The van der Waals surface area contributed by atoms with Crippen LogP contribution in [-0.2, 0) is 16.1 Å². The lowest BCUT2D eigenvalue weighted by molar-refractivity contribution is -0.129. The number of likely N-dealkylation sites (N-methyl/N-ethyl adjacent to an activating group) is 1. The number of likely N-dealkylation sites (tertiary alicyclic amines) is 1. The molecule has 1 N–H and O–H groups in total. The summed E-state index contributed by atoms with van der Waals surface area (Å²) in [6.45, 7) is 4.10. The van der Waals surface area contributed by atoms with Gasteiger partial charge >= 0.3 is 0 Å². The zero-order chi connectivity index (χ0) is 15.4. The molecule has 21 heavy (non-hydrogen) atoms. The normalized spacial score (nSPS) is 18.6. The minimum atomic E-state index is -0.271. The van der Waals surface area contributed by atoms with E-state index in [0.29, 0.717) is 31.1 Å². The topological polar surface area (TPSA) is 78.7 Å². The number of nitrogens with zero attached hydrogens (tertiary/aromatic N) is 3. The van der Waals surface area contributed by atoms with Gasteiger partial charge in [0.1, 0.15) is 11.5 Å². The minimum Gasteiger partial charge on any atom is -0.361 e. The first kappa shape index (κ1) is 15.5. The van der Waals surface area contributed by atoms with Crippen molar-refractivity contribution in [1.29, 1.82) is 0 Å². The van der Waals surface area contributed by atoms with Gasteiger partial charge in [-0.15, -0.1) is 0 Å². The number of hydrogen-bond donors (Lipinski definition) is 1. The largest absolute Gasteiger partial charge is 0.361 e. The van der Waals surface area contributed by atoms with Gasteiger partial charge in [-0.05, 0) is 21.0 Å². The number of amides is 2. The van der Waals surface area contributed by atoms with Crippen molar-refractivity contribution in [3.63, 3.8) is 0 Å². The van der Waals surface area contributed by atoms with Gasteiger partial charge in [-0.1, -0.05) is 5.16 Å². The van der Waals surface area contributed by atoms with Gasteiger partial charge in [-0.25, -0.2) is 0 Å². The number of carbonyl (C=O) groups is 2. The van der Waals surface area contributed by atoms with E-state index in [9.17, 15) is 9.59 Å². The van der Waals surface area contributed by atoms with E-state index in [1.54, 1.807) is 17.9 Å². The van der Waals surface area contributed by atoms with E-state index in [-0.39, 0.29) is 24.2 Å². The molecule has 1 aliphatic rings. The summed E-state index contributed by atoms with van der Waals surface area (Å²) < 4.78 is 4.94. The zero-order valence-corrected chi connectivity index (χ0v) is 12.8. The second-order valence-corrected chi connectivity index (χ2v) is 5.69. The third kappa shape index (κ3) is 4.29. The highest BCUT2D eigenvalue weighted by atomic mass is 16.5. The molecule has 0 radical (unpaired) electrons. The van der Waals surface area contributed by atoms with Gasteiger partial charge in [-0.2, -0.15) is 0 Å². The quantitative estimate of drug-likeness (QED) is 0.799. The van der Waals surface area contributed by atoms with Gasteiger partial charge in [0.15, 0.2) is 0 Å². The second kappa shape index (κ2) is 6.71. The summed E-state index contributed by atoms with van der Waals surface area (Å²) in [6, 6.07) is 1.78. The van der Waals surface area contributed by atoms with E-state index in [0.717, 1.165) is 6.54 Å². The third-order valence-electron chi connectivity index (χ3n) is 3.52. The third-order valence-corrected chi connectivity index (χ3v) is 3.52. The Hall–Kier alpha value is -1.89. The Labute approximate surface area is 124 Å². The van der Waals surface area contributed by atoms with Crippen LogP contribution in [0.5, 0.6) is 0 Å². The standard InChI is InChI=1S/C14H22N4O3/c1-10-6-12(16-21-10)8-15-14(20)11-7-13(19)18(9-11)5-4-17(2)3/h6,11H,4-5,7-9H2,1-3H3,(H,15,20)/t11-/m1/s1. The molecule has 1 fully saturated rings. The molecule has 0 bridgehead atoms. The Morgan fingerprint density at radius 3 is 2.95 bits per heavy atom. The molecule has 2 rings (SSSR count). The molecule has 0 aromatic carbocycles. The van der Waals surface area contributed by atoms with E-state index in [4.69, 9.17) is 4.52 Å². The second-order valence-electron chi connectivity index (χ2n) is 5.69. The molecule has 1 aromatic heterocycles. The van der Waals surface area contributed by atoms with Gasteiger partial charge in [-0.3, -0.25) is 9.59 Å². The fourth-order valence-corrected chi connectivity index (χ4v) is 2.31. The Bertz CT molecular complexity index is 512. The lowest BCUT2D eigenvalue weighted by Crippen LogP contribution is -2.35. The van der Waals surface area contributed by atoms with Gasteiger partial charge < -0.3 is 19.6 Å². The van der Waals surface area contributed by atoms with Crippen LogP contribution in [0.2, 0.25) is 0 Å².